The van der Waals surface area contributed by atoms with E-state index in [-0.39, 0.29) is 5.92 Å². The molecule has 4 rings (SSSR count). The van der Waals surface area contributed by atoms with Gasteiger partial charge in [0.15, 0.2) is 0 Å². The predicted octanol–water partition coefficient (Wildman–Crippen LogP) is 5.45. The minimum absolute atomic E-state index is 0.158. The molecule has 0 atom stereocenters. The second kappa shape index (κ2) is 11.7. The van der Waals surface area contributed by atoms with Gasteiger partial charge >= 0.3 is 0 Å². The van der Waals surface area contributed by atoms with Crippen LogP contribution in [0.5, 0.6) is 0 Å². The number of halogens is 2. The molecule has 2 aliphatic rings. The predicted molar refractivity (Wildman–Crippen MR) is 152 cm³/mol. The Kier molecular flexibility index (Phi) is 8.87. The van der Waals surface area contributed by atoms with Crippen LogP contribution in [0.25, 0.3) is 0 Å². The monoisotopic (exact) mass is 530 g/mol. The molecule has 5 nitrogen and oxygen atoms in total. The van der Waals surface area contributed by atoms with Crippen molar-refractivity contribution >= 4 is 34.8 Å². The summed E-state index contributed by atoms with van der Waals surface area (Å²) in [5.41, 5.74) is 6.50. The molecule has 0 aliphatic carbocycles. The topological polar surface area (TPSA) is 30.0 Å². The first-order chi connectivity index (χ1) is 17.1. The average molecular weight is 532 g/mol. The molecule has 0 spiro atoms. The van der Waals surface area contributed by atoms with Gasteiger partial charge in [-0.2, -0.15) is 0 Å². The molecular weight excluding hydrogens is 491 g/mol. The standard InChI is InChI=1S/C29H40Cl2N4O/c1-20-15-23(24-17-35(18-24)28-26(30)7-6-8-27(28)31)16-21(2)25(20)19-34-11-9-22(10-12-34)29(36)33(5)14-13-32(3)4/h6-8,15-16,22,24H,9-14,17-19H2,1-5H3. The number of hydrogen-bond acceptors (Lipinski definition) is 4. The fraction of sp³-hybridized carbons (Fsp3) is 0.552. The summed E-state index contributed by atoms with van der Waals surface area (Å²) < 4.78 is 0. The first kappa shape index (κ1) is 27.3. The summed E-state index contributed by atoms with van der Waals surface area (Å²) in [6, 6.07) is 10.4. The Bertz CT molecular complexity index is 1030. The number of piperidine rings is 1. The van der Waals surface area contributed by atoms with Gasteiger partial charge in [-0.1, -0.05) is 41.4 Å². The third kappa shape index (κ3) is 6.19. The van der Waals surface area contributed by atoms with E-state index in [4.69, 9.17) is 23.2 Å². The largest absolute Gasteiger partial charge is 0.368 e. The van der Waals surface area contributed by atoms with Crippen molar-refractivity contribution in [3.63, 3.8) is 0 Å². The number of likely N-dealkylation sites (N-methyl/N-ethyl adjacent to an activating group) is 2. The van der Waals surface area contributed by atoms with Gasteiger partial charge in [0.25, 0.3) is 0 Å². The lowest BCUT2D eigenvalue weighted by molar-refractivity contribution is -0.135. The Balaban J connectivity index is 1.31. The van der Waals surface area contributed by atoms with Crippen LogP contribution in [0, 0.1) is 19.8 Å². The quantitative estimate of drug-likeness (QED) is 0.454. The van der Waals surface area contributed by atoms with Crippen molar-refractivity contribution in [1.82, 2.24) is 14.7 Å². The number of anilines is 1. The Labute approximate surface area is 226 Å². The van der Waals surface area contributed by atoms with Gasteiger partial charge in [0.05, 0.1) is 15.7 Å². The maximum atomic E-state index is 12.8. The van der Waals surface area contributed by atoms with Gasteiger partial charge in [-0.15, -0.1) is 0 Å². The molecule has 0 N–H and O–H groups in total. The Morgan fingerprint density at radius 2 is 1.56 bits per heavy atom. The molecule has 2 saturated heterocycles. The molecule has 2 heterocycles. The van der Waals surface area contributed by atoms with Crippen LogP contribution in [0.2, 0.25) is 10.0 Å². The zero-order valence-electron chi connectivity index (χ0n) is 22.4. The molecule has 0 bridgehead atoms. The highest BCUT2D eigenvalue weighted by atomic mass is 35.5. The number of rotatable bonds is 8. The minimum atomic E-state index is 0.158. The zero-order chi connectivity index (χ0) is 26.0. The van der Waals surface area contributed by atoms with Crippen LogP contribution in [0.4, 0.5) is 5.69 Å². The van der Waals surface area contributed by atoms with Crippen LogP contribution < -0.4 is 4.90 Å². The van der Waals surface area contributed by atoms with Gasteiger partial charge in [-0.3, -0.25) is 9.69 Å². The molecule has 0 radical (unpaired) electrons. The van der Waals surface area contributed by atoms with Crippen LogP contribution >= 0.6 is 23.2 Å². The van der Waals surface area contributed by atoms with E-state index in [1.165, 1.54) is 22.3 Å². The summed E-state index contributed by atoms with van der Waals surface area (Å²) in [5, 5.41) is 1.43. The molecular formula is C29H40Cl2N4O. The maximum absolute atomic E-state index is 12.8. The van der Waals surface area contributed by atoms with E-state index >= 15 is 0 Å². The average Bonchev–Trinajstić information content (AvgIpc) is 2.80. The highest BCUT2D eigenvalue weighted by Crippen LogP contribution is 2.40. The molecule has 2 aromatic rings. The summed E-state index contributed by atoms with van der Waals surface area (Å²) in [6.07, 6.45) is 1.90. The van der Waals surface area contributed by atoms with E-state index in [2.05, 4.69) is 40.7 Å². The van der Waals surface area contributed by atoms with Crippen LogP contribution in [0.3, 0.4) is 0 Å². The fourth-order valence-corrected chi connectivity index (χ4v) is 6.15. The number of likely N-dealkylation sites (tertiary alicyclic amines) is 1. The van der Waals surface area contributed by atoms with E-state index in [0.717, 1.165) is 64.3 Å². The van der Waals surface area contributed by atoms with Crippen LogP contribution in [-0.2, 0) is 11.3 Å². The number of aryl methyl sites for hydroxylation is 2. The molecule has 7 heteroatoms. The Morgan fingerprint density at radius 1 is 0.972 bits per heavy atom. The van der Waals surface area contributed by atoms with Gasteiger partial charge in [-0.25, -0.2) is 0 Å². The number of para-hydroxylation sites is 1. The van der Waals surface area contributed by atoms with Crippen molar-refractivity contribution < 1.29 is 4.79 Å². The SMILES string of the molecule is Cc1cc(C2CN(c3c(Cl)cccc3Cl)C2)cc(C)c1CN1CCC(C(=O)N(C)CCN(C)C)CC1. The molecule has 2 aromatic carbocycles. The smallest absolute Gasteiger partial charge is 0.225 e. The summed E-state index contributed by atoms with van der Waals surface area (Å²) in [4.78, 5) is 21.7. The van der Waals surface area contributed by atoms with Crippen molar-refractivity contribution in [2.75, 3.05) is 65.3 Å². The van der Waals surface area contributed by atoms with Crippen molar-refractivity contribution in [3.05, 3.63) is 62.6 Å². The number of carbonyl (C=O) groups excluding carboxylic acids is 1. The third-order valence-electron chi connectivity index (χ3n) is 7.90. The van der Waals surface area contributed by atoms with Crippen molar-refractivity contribution in [2.45, 2.75) is 39.2 Å². The van der Waals surface area contributed by atoms with Gasteiger partial charge in [0.2, 0.25) is 5.91 Å². The molecule has 0 saturated carbocycles. The highest BCUT2D eigenvalue weighted by Gasteiger charge is 2.32. The van der Waals surface area contributed by atoms with E-state index in [0.29, 0.717) is 21.9 Å². The van der Waals surface area contributed by atoms with Crippen molar-refractivity contribution in [1.29, 1.82) is 0 Å². The second-order valence-electron chi connectivity index (χ2n) is 10.9. The number of hydrogen-bond donors (Lipinski definition) is 0. The number of carbonyl (C=O) groups is 1. The zero-order valence-corrected chi connectivity index (χ0v) is 23.9. The lowest BCUT2D eigenvalue weighted by atomic mass is 9.86. The lowest BCUT2D eigenvalue weighted by Crippen LogP contribution is -2.45. The Hall–Kier alpha value is -1.79. The normalized spacial score (nSPS) is 17.5. The van der Waals surface area contributed by atoms with Crippen molar-refractivity contribution in [2.24, 2.45) is 5.92 Å². The Morgan fingerprint density at radius 3 is 2.11 bits per heavy atom. The number of benzene rings is 2. The molecule has 2 aliphatic heterocycles. The molecule has 0 aromatic heterocycles. The molecule has 0 unspecified atom stereocenters. The van der Waals surface area contributed by atoms with Gasteiger partial charge < -0.3 is 14.7 Å². The maximum Gasteiger partial charge on any atom is 0.225 e. The summed E-state index contributed by atoms with van der Waals surface area (Å²) in [5.74, 6) is 0.960. The fourth-order valence-electron chi connectivity index (χ4n) is 5.51. The third-order valence-corrected chi connectivity index (χ3v) is 8.51. The molecule has 1 amide bonds. The number of amides is 1. The molecule has 196 valence electrons. The summed E-state index contributed by atoms with van der Waals surface area (Å²) >= 11 is 12.8. The van der Waals surface area contributed by atoms with E-state index in [1.54, 1.807) is 0 Å². The van der Waals surface area contributed by atoms with Crippen molar-refractivity contribution in [3.8, 4) is 0 Å². The second-order valence-corrected chi connectivity index (χ2v) is 11.7. The molecule has 2 fully saturated rings. The molecule has 36 heavy (non-hydrogen) atoms. The first-order valence-corrected chi connectivity index (χ1v) is 13.8. The van der Waals surface area contributed by atoms with Crippen LogP contribution in [0.15, 0.2) is 30.3 Å². The van der Waals surface area contributed by atoms with Gasteiger partial charge in [-0.05, 0) is 88.3 Å². The number of nitrogens with zero attached hydrogens (tertiary/aromatic N) is 4. The van der Waals surface area contributed by atoms with Crippen LogP contribution in [0.1, 0.15) is 41.0 Å². The summed E-state index contributed by atoms with van der Waals surface area (Å²) in [6.45, 7) is 11.0. The van der Waals surface area contributed by atoms with E-state index in [1.807, 2.05) is 44.2 Å². The van der Waals surface area contributed by atoms with E-state index < -0.39 is 0 Å². The first-order valence-electron chi connectivity index (χ1n) is 13.0. The lowest BCUT2D eigenvalue weighted by Gasteiger charge is -2.42. The van der Waals surface area contributed by atoms with E-state index in [9.17, 15) is 4.79 Å². The van der Waals surface area contributed by atoms with Gasteiger partial charge in [0.1, 0.15) is 0 Å². The highest BCUT2D eigenvalue weighted by molar-refractivity contribution is 6.39. The minimum Gasteiger partial charge on any atom is -0.368 e. The van der Waals surface area contributed by atoms with Gasteiger partial charge in [0, 0.05) is 51.6 Å². The van der Waals surface area contributed by atoms with Crippen LogP contribution in [-0.4, -0.2) is 81.0 Å². The summed E-state index contributed by atoms with van der Waals surface area (Å²) in [7, 11) is 6.03.